The third-order valence-corrected chi connectivity index (χ3v) is 4.56. The van der Waals surface area contributed by atoms with E-state index >= 15 is 0 Å². The van der Waals surface area contributed by atoms with E-state index in [1.54, 1.807) is 18.2 Å². The van der Waals surface area contributed by atoms with E-state index in [9.17, 15) is 22.8 Å². The zero-order valence-corrected chi connectivity index (χ0v) is 16.2. The number of anilines is 1. The highest BCUT2D eigenvalue weighted by Crippen LogP contribution is 2.30. The summed E-state index contributed by atoms with van der Waals surface area (Å²) in [7, 11) is 0. The zero-order chi connectivity index (χ0) is 22.9. The Hall–Kier alpha value is -4.46. The van der Waals surface area contributed by atoms with Crippen LogP contribution in [0.15, 0.2) is 65.8 Å². The van der Waals surface area contributed by atoms with Gasteiger partial charge < -0.3 is 5.32 Å². The van der Waals surface area contributed by atoms with Gasteiger partial charge in [0, 0.05) is 5.69 Å². The summed E-state index contributed by atoms with van der Waals surface area (Å²) in [5.74, 6) is -0.520. The average molecular weight is 438 g/mol. The molecule has 32 heavy (non-hydrogen) atoms. The number of nitrogens with one attached hydrogen (secondary N) is 1. The lowest BCUT2D eigenvalue weighted by Gasteiger charge is -2.10. The number of carbonyl (C=O) groups excluding carboxylic acids is 1. The van der Waals surface area contributed by atoms with E-state index in [-0.39, 0.29) is 23.3 Å². The molecule has 0 atom stereocenters. The Morgan fingerprint density at radius 3 is 2.69 bits per heavy atom. The number of amides is 1. The number of rotatable bonds is 4. The summed E-state index contributed by atoms with van der Waals surface area (Å²) in [6.07, 6.45) is -2.21. The van der Waals surface area contributed by atoms with Crippen LogP contribution >= 0.6 is 0 Å². The van der Waals surface area contributed by atoms with Crippen molar-refractivity contribution in [3.63, 3.8) is 0 Å². The Bertz CT molecular complexity index is 1430. The normalized spacial score (nSPS) is 11.3. The Labute approximate surface area is 178 Å². The van der Waals surface area contributed by atoms with Crippen LogP contribution in [0.2, 0.25) is 0 Å². The van der Waals surface area contributed by atoms with Crippen molar-refractivity contribution in [2.75, 3.05) is 5.32 Å². The standard InChI is InChI=1S/C21H13F3N6O2/c22-21(23,24)14-4-2-6-16(8-14)30-19-17(10-27-30)20(32)29(12-26-19)11-18(31)28-15-5-1-3-13(7-15)9-25/h1-8,10,12H,11H2,(H,28,31). The SMILES string of the molecule is N#Cc1cccc(NC(=O)Cn2cnc3c(cnn3-c3cccc(C(F)(F)F)c3)c2=O)c1. The molecule has 0 spiro atoms. The van der Waals surface area contributed by atoms with Gasteiger partial charge in [-0.3, -0.25) is 14.2 Å². The number of halogens is 3. The van der Waals surface area contributed by atoms with Crippen molar-refractivity contribution in [1.29, 1.82) is 5.26 Å². The van der Waals surface area contributed by atoms with Gasteiger partial charge in [0.2, 0.25) is 5.91 Å². The monoisotopic (exact) mass is 438 g/mol. The van der Waals surface area contributed by atoms with Crippen molar-refractivity contribution in [3.05, 3.63) is 82.5 Å². The van der Waals surface area contributed by atoms with Crippen molar-refractivity contribution in [2.24, 2.45) is 0 Å². The smallest absolute Gasteiger partial charge is 0.324 e. The van der Waals surface area contributed by atoms with Crippen LogP contribution in [0.4, 0.5) is 18.9 Å². The Morgan fingerprint density at radius 2 is 1.94 bits per heavy atom. The highest BCUT2D eigenvalue weighted by atomic mass is 19.4. The van der Waals surface area contributed by atoms with E-state index in [0.717, 1.165) is 27.7 Å². The van der Waals surface area contributed by atoms with Gasteiger partial charge in [0.1, 0.15) is 18.3 Å². The molecule has 4 aromatic rings. The molecule has 2 heterocycles. The van der Waals surface area contributed by atoms with Crippen molar-refractivity contribution in [2.45, 2.75) is 12.7 Å². The molecule has 0 saturated carbocycles. The average Bonchev–Trinajstić information content (AvgIpc) is 3.20. The molecular weight excluding hydrogens is 425 g/mol. The van der Waals surface area contributed by atoms with Gasteiger partial charge in [-0.15, -0.1) is 0 Å². The number of fused-ring (bicyclic) bond motifs is 1. The van der Waals surface area contributed by atoms with Gasteiger partial charge in [0.25, 0.3) is 5.56 Å². The summed E-state index contributed by atoms with van der Waals surface area (Å²) in [6, 6.07) is 12.7. The zero-order valence-electron chi connectivity index (χ0n) is 16.2. The fourth-order valence-electron chi connectivity index (χ4n) is 3.09. The van der Waals surface area contributed by atoms with Gasteiger partial charge in [-0.2, -0.15) is 23.5 Å². The lowest BCUT2D eigenvalue weighted by atomic mass is 10.2. The van der Waals surface area contributed by atoms with Gasteiger partial charge in [0.15, 0.2) is 5.65 Å². The molecule has 0 unspecified atom stereocenters. The summed E-state index contributed by atoms with van der Waals surface area (Å²) in [5.41, 5.74) is -0.515. The second kappa shape index (κ2) is 7.99. The van der Waals surface area contributed by atoms with E-state index < -0.39 is 23.2 Å². The topological polar surface area (TPSA) is 106 Å². The Balaban J connectivity index is 1.61. The number of carbonyl (C=O) groups is 1. The second-order valence-electron chi connectivity index (χ2n) is 6.76. The number of alkyl halides is 3. The fraction of sp³-hybridized carbons (Fsp3) is 0.0952. The molecule has 0 aliphatic rings. The molecule has 0 bridgehead atoms. The number of nitrogens with zero attached hydrogens (tertiary/aromatic N) is 5. The molecule has 2 aromatic carbocycles. The summed E-state index contributed by atoms with van der Waals surface area (Å²) >= 11 is 0. The third-order valence-electron chi connectivity index (χ3n) is 4.56. The molecule has 4 rings (SSSR count). The second-order valence-corrected chi connectivity index (χ2v) is 6.76. The van der Waals surface area contributed by atoms with Crippen LogP contribution < -0.4 is 10.9 Å². The van der Waals surface area contributed by atoms with E-state index in [1.807, 2.05) is 6.07 Å². The van der Waals surface area contributed by atoms with Crippen molar-refractivity contribution >= 4 is 22.6 Å². The van der Waals surface area contributed by atoms with Gasteiger partial charge in [-0.05, 0) is 36.4 Å². The van der Waals surface area contributed by atoms with Gasteiger partial charge in [-0.25, -0.2) is 9.67 Å². The van der Waals surface area contributed by atoms with E-state index in [0.29, 0.717) is 11.3 Å². The van der Waals surface area contributed by atoms with Crippen LogP contribution in [-0.4, -0.2) is 25.2 Å². The largest absolute Gasteiger partial charge is 0.416 e. The lowest BCUT2D eigenvalue weighted by Crippen LogP contribution is -2.27. The van der Waals surface area contributed by atoms with Gasteiger partial charge in [-0.1, -0.05) is 12.1 Å². The maximum atomic E-state index is 13.0. The van der Waals surface area contributed by atoms with Crippen LogP contribution in [0.1, 0.15) is 11.1 Å². The molecule has 160 valence electrons. The number of hydrogen-bond donors (Lipinski definition) is 1. The predicted octanol–water partition coefficient (Wildman–Crippen LogP) is 3.11. The first-order chi connectivity index (χ1) is 15.3. The van der Waals surface area contributed by atoms with Crippen LogP contribution in [0.3, 0.4) is 0 Å². The minimum atomic E-state index is -4.53. The van der Waals surface area contributed by atoms with Crippen molar-refractivity contribution in [3.8, 4) is 11.8 Å². The van der Waals surface area contributed by atoms with Crippen molar-refractivity contribution in [1.82, 2.24) is 19.3 Å². The molecule has 1 N–H and O–H groups in total. The number of nitriles is 1. The molecule has 0 radical (unpaired) electrons. The summed E-state index contributed by atoms with van der Waals surface area (Å²) in [4.78, 5) is 29.2. The summed E-state index contributed by atoms with van der Waals surface area (Å²) in [6.45, 7) is -0.354. The first-order valence-corrected chi connectivity index (χ1v) is 9.17. The molecule has 0 saturated heterocycles. The van der Waals surface area contributed by atoms with E-state index in [1.165, 1.54) is 24.4 Å². The molecule has 0 fully saturated rings. The van der Waals surface area contributed by atoms with Crippen molar-refractivity contribution < 1.29 is 18.0 Å². The molecule has 2 aromatic heterocycles. The molecule has 8 nitrogen and oxygen atoms in total. The van der Waals surface area contributed by atoms with E-state index in [2.05, 4.69) is 15.4 Å². The van der Waals surface area contributed by atoms with Crippen LogP contribution in [0.25, 0.3) is 16.7 Å². The first-order valence-electron chi connectivity index (χ1n) is 9.17. The maximum absolute atomic E-state index is 13.0. The molecule has 0 aliphatic heterocycles. The number of hydrogen-bond acceptors (Lipinski definition) is 5. The summed E-state index contributed by atoms with van der Waals surface area (Å²) in [5, 5.41) is 15.6. The number of aromatic nitrogens is 4. The minimum absolute atomic E-state index is 0.0455. The summed E-state index contributed by atoms with van der Waals surface area (Å²) < 4.78 is 41.2. The highest BCUT2D eigenvalue weighted by Gasteiger charge is 2.30. The fourth-order valence-corrected chi connectivity index (χ4v) is 3.09. The third kappa shape index (κ3) is 4.06. The highest BCUT2D eigenvalue weighted by molar-refractivity contribution is 5.90. The van der Waals surface area contributed by atoms with Gasteiger partial charge in [0.05, 0.1) is 29.1 Å². The first kappa shape index (κ1) is 20.8. The molecule has 0 aliphatic carbocycles. The van der Waals surface area contributed by atoms with Crippen LogP contribution in [0.5, 0.6) is 0 Å². The van der Waals surface area contributed by atoms with Crippen LogP contribution in [-0.2, 0) is 17.5 Å². The molecule has 1 amide bonds. The van der Waals surface area contributed by atoms with Crippen LogP contribution in [0, 0.1) is 11.3 Å². The maximum Gasteiger partial charge on any atom is 0.416 e. The molecule has 11 heteroatoms. The molecular formula is C21H13F3N6O2. The Kier molecular flexibility index (Phi) is 5.19. The number of benzene rings is 2. The lowest BCUT2D eigenvalue weighted by molar-refractivity contribution is -0.137. The predicted molar refractivity (Wildman–Crippen MR) is 108 cm³/mol. The Morgan fingerprint density at radius 1 is 1.16 bits per heavy atom. The minimum Gasteiger partial charge on any atom is -0.324 e. The quantitative estimate of drug-likeness (QED) is 0.527. The van der Waals surface area contributed by atoms with Gasteiger partial charge >= 0.3 is 6.18 Å². The van der Waals surface area contributed by atoms with E-state index in [4.69, 9.17) is 5.26 Å².